The van der Waals surface area contributed by atoms with Gasteiger partial charge in [-0.25, -0.2) is 5.01 Å². The molecule has 2 aromatic rings. The van der Waals surface area contributed by atoms with Gasteiger partial charge in [-0.3, -0.25) is 0 Å². The van der Waals surface area contributed by atoms with Gasteiger partial charge in [-0.05, 0) is 92.4 Å². The molecular formula is C28H33N3O2S. The summed E-state index contributed by atoms with van der Waals surface area (Å²) >= 11 is 5.76. The lowest BCUT2D eigenvalue weighted by atomic mass is 9.77. The van der Waals surface area contributed by atoms with Crippen molar-refractivity contribution in [1.82, 2.24) is 10.3 Å². The lowest BCUT2D eigenvalue weighted by Crippen LogP contribution is -2.38. The molecule has 0 spiro atoms. The van der Waals surface area contributed by atoms with E-state index in [9.17, 15) is 0 Å². The number of hydrogen-bond donors (Lipinski definition) is 1. The molecule has 0 aromatic heterocycles. The van der Waals surface area contributed by atoms with E-state index in [0.29, 0.717) is 24.9 Å². The summed E-state index contributed by atoms with van der Waals surface area (Å²) in [6.07, 6.45) is 7.29. The SMILES string of the molecule is C=CCNC(=S)N1N=C2/C(=C/c3ccc(OCC)cc3)CCCC2C1c1ccc(OCC)cc1. The summed E-state index contributed by atoms with van der Waals surface area (Å²) in [5.41, 5.74) is 4.77. The van der Waals surface area contributed by atoms with Crippen molar-refractivity contribution in [1.29, 1.82) is 0 Å². The molecule has 1 N–H and O–H groups in total. The fourth-order valence-corrected chi connectivity index (χ4v) is 4.94. The van der Waals surface area contributed by atoms with E-state index in [2.05, 4.69) is 42.2 Å². The van der Waals surface area contributed by atoms with Crippen LogP contribution in [0.15, 0.2) is 71.9 Å². The molecule has 0 amide bonds. The molecule has 4 rings (SSSR count). The van der Waals surface area contributed by atoms with Crippen molar-refractivity contribution in [2.75, 3.05) is 19.8 Å². The number of hydrogen-bond acceptors (Lipinski definition) is 4. The van der Waals surface area contributed by atoms with Crippen molar-refractivity contribution in [3.8, 4) is 11.5 Å². The molecule has 34 heavy (non-hydrogen) atoms. The van der Waals surface area contributed by atoms with Gasteiger partial charge in [0.05, 0.1) is 25.0 Å². The van der Waals surface area contributed by atoms with Gasteiger partial charge in [0.2, 0.25) is 0 Å². The number of benzene rings is 2. The molecule has 1 aliphatic carbocycles. The van der Waals surface area contributed by atoms with E-state index in [-0.39, 0.29) is 12.0 Å². The van der Waals surface area contributed by atoms with Crippen LogP contribution in [0, 0.1) is 5.92 Å². The van der Waals surface area contributed by atoms with Gasteiger partial charge in [0.1, 0.15) is 11.5 Å². The molecule has 1 fully saturated rings. The second-order valence-corrected chi connectivity index (χ2v) is 8.81. The van der Waals surface area contributed by atoms with Crippen LogP contribution in [0.5, 0.6) is 11.5 Å². The summed E-state index contributed by atoms with van der Waals surface area (Å²) in [6.45, 7) is 9.73. The highest BCUT2D eigenvalue weighted by Gasteiger charge is 2.42. The second-order valence-electron chi connectivity index (χ2n) is 8.42. The van der Waals surface area contributed by atoms with Crippen molar-refractivity contribution < 1.29 is 9.47 Å². The molecule has 178 valence electrons. The average Bonchev–Trinajstić information content (AvgIpc) is 3.25. The first kappa shape index (κ1) is 24.0. The summed E-state index contributed by atoms with van der Waals surface area (Å²) in [4.78, 5) is 0. The third-order valence-corrected chi connectivity index (χ3v) is 6.50. The molecule has 2 aliphatic rings. The first-order valence-electron chi connectivity index (χ1n) is 12.1. The Balaban J connectivity index is 1.66. The molecule has 2 aromatic carbocycles. The summed E-state index contributed by atoms with van der Waals surface area (Å²) < 4.78 is 11.2. The standard InChI is InChI=1S/C28H33N3O2S/c1-4-18-29-28(34)31-27(21-12-16-24(17-13-21)33-6-3)25-9-7-8-22(26(25)30-31)19-20-10-14-23(15-11-20)32-5-2/h4,10-17,19,25,27H,1,5-9,18H2,2-3H3,(H,29,34)/b22-19+. The first-order valence-corrected chi connectivity index (χ1v) is 12.5. The van der Waals surface area contributed by atoms with Crippen LogP contribution >= 0.6 is 12.2 Å². The second kappa shape index (κ2) is 11.3. The number of rotatable bonds is 8. The summed E-state index contributed by atoms with van der Waals surface area (Å²) in [7, 11) is 0. The Morgan fingerprint density at radius 3 is 2.35 bits per heavy atom. The van der Waals surface area contributed by atoms with E-state index in [4.69, 9.17) is 26.8 Å². The normalized spacial score (nSPS) is 20.5. The Kier molecular flexibility index (Phi) is 8.01. The molecule has 2 atom stereocenters. The molecule has 5 nitrogen and oxygen atoms in total. The topological polar surface area (TPSA) is 46.1 Å². The Morgan fingerprint density at radius 1 is 1.09 bits per heavy atom. The van der Waals surface area contributed by atoms with Gasteiger partial charge in [0.25, 0.3) is 0 Å². The highest BCUT2D eigenvalue weighted by atomic mass is 32.1. The molecule has 1 aliphatic heterocycles. The van der Waals surface area contributed by atoms with Crippen molar-refractivity contribution in [3.63, 3.8) is 0 Å². The zero-order chi connectivity index (χ0) is 23.9. The smallest absolute Gasteiger partial charge is 0.190 e. The number of nitrogens with zero attached hydrogens (tertiary/aromatic N) is 2. The largest absolute Gasteiger partial charge is 0.494 e. The molecular weight excluding hydrogens is 442 g/mol. The van der Waals surface area contributed by atoms with Gasteiger partial charge in [-0.15, -0.1) is 6.58 Å². The molecule has 2 unspecified atom stereocenters. The number of nitrogens with one attached hydrogen (secondary N) is 1. The van der Waals surface area contributed by atoms with E-state index in [0.717, 1.165) is 42.0 Å². The van der Waals surface area contributed by atoms with Crippen LogP contribution < -0.4 is 14.8 Å². The number of hydrazone groups is 1. The Hall–Kier alpha value is -3.12. The summed E-state index contributed by atoms with van der Waals surface area (Å²) in [6, 6.07) is 16.7. The highest BCUT2D eigenvalue weighted by molar-refractivity contribution is 7.80. The highest BCUT2D eigenvalue weighted by Crippen LogP contribution is 2.44. The lowest BCUT2D eigenvalue weighted by Gasteiger charge is -2.30. The molecule has 0 radical (unpaired) electrons. The zero-order valence-electron chi connectivity index (χ0n) is 20.0. The molecule has 1 saturated carbocycles. The number of ether oxygens (including phenoxy) is 2. The van der Waals surface area contributed by atoms with Crippen LogP contribution in [-0.4, -0.2) is 35.6 Å². The Labute approximate surface area is 208 Å². The fraction of sp³-hybridized carbons (Fsp3) is 0.357. The Bertz CT molecular complexity index is 1060. The minimum atomic E-state index is 0.0551. The maximum absolute atomic E-state index is 5.76. The summed E-state index contributed by atoms with van der Waals surface area (Å²) in [5, 5.41) is 11.0. The number of allylic oxidation sites excluding steroid dienone is 1. The van der Waals surface area contributed by atoms with Gasteiger partial charge in [0, 0.05) is 12.5 Å². The third kappa shape index (κ3) is 5.33. The summed E-state index contributed by atoms with van der Waals surface area (Å²) in [5.74, 6) is 2.05. The fourth-order valence-electron chi connectivity index (χ4n) is 4.70. The average molecular weight is 476 g/mol. The molecule has 1 heterocycles. The van der Waals surface area contributed by atoms with Gasteiger partial charge >= 0.3 is 0 Å². The van der Waals surface area contributed by atoms with Crippen molar-refractivity contribution in [2.24, 2.45) is 11.0 Å². The van der Waals surface area contributed by atoms with Gasteiger partial charge < -0.3 is 14.8 Å². The maximum Gasteiger partial charge on any atom is 0.190 e. The lowest BCUT2D eigenvalue weighted by molar-refractivity contribution is 0.300. The van der Waals surface area contributed by atoms with Crippen molar-refractivity contribution in [3.05, 3.63) is 77.9 Å². The molecule has 0 saturated heterocycles. The third-order valence-electron chi connectivity index (χ3n) is 6.17. The quantitative estimate of drug-likeness (QED) is 0.367. The minimum Gasteiger partial charge on any atom is -0.494 e. The predicted octanol–water partition coefficient (Wildman–Crippen LogP) is 6.14. The van der Waals surface area contributed by atoms with Crippen LogP contribution in [-0.2, 0) is 0 Å². The van der Waals surface area contributed by atoms with Crippen molar-refractivity contribution >= 4 is 29.1 Å². The minimum absolute atomic E-state index is 0.0551. The van der Waals surface area contributed by atoms with Crippen LogP contribution in [0.3, 0.4) is 0 Å². The van der Waals surface area contributed by atoms with Crippen LogP contribution in [0.25, 0.3) is 6.08 Å². The van der Waals surface area contributed by atoms with Crippen LogP contribution in [0.4, 0.5) is 0 Å². The number of thiocarbonyl (C=S) groups is 1. The molecule has 6 heteroatoms. The molecule has 0 bridgehead atoms. The Morgan fingerprint density at radius 2 is 1.74 bits per heavy atom. The first-order chi connectivity index (χ1) is 16.6. The van der Waals surface area contributed by atoms with Gasteiger partial charge in [0.15, 0.2) is 5.11 Å². The van der Waals surface area contributed by atoms with E-state index < -0.39 is 0 Å². The number of fused-ring (bicyclic) bond motifs is 1. The van der Waals surface area contributed by atoms with Crippen LogP contribution in [0.2, 0.25) is 0 Å². The monoisotopic (exact) mass is 475 g/mol. The van der Waals surface area contributed by atoms with Crippen LogP contribution in [0.1, 0.15) is 50.3 Å². The van der Waals surface area contributed by atoms with Gasteiger partial charge in [-0.1, -0.05) is 30.3 Å². The van der Waals surface area contributed by atoms with E-state index in [1.807, 2.05) is 49.2 Å². The van der Waals surface area contributed by atoms with Crippen molar-refractivity contribution in [2.45, 2.75) is 39.2 Å². The predicted molar refractivity (Wildman–Crippen MR) is 143 cm³/mol. The van der Waals surface area contributed by atoms with E-state index in [1.165, 1.54) is 11.1 Å². The maximum atomic E-state index is 5.76. The van der Waals surface area contributed by atoms with E-state index in [1.54, 1.807) is 0 Å². The van der Waals surface area contributed by atoms with E-state index >= 15 is 0 Å². The van der Waals surface area contributed by atoms with Gasteiger partial charge in [-0.2, -0.15) is 5.10 Å². The zero-order valence-corrected chi connectivity index (χ0v) is 20.8.